The lowest BCUT2D eigenvalue weighted by atomic mass is 10.1. The lowest BCUT2D eigenvalue weighted by molar-refractivity contribution is -0.127. The van der Waals surface area contributed by atoms with Crippen LogP contribution in [0.4, 0.5) is 23.2 Å². The molecule has 1 aliphatic carbocycles. The number of ether oxygens (including phenoxy) is 1. The highest BCUT2D eigenvalue weighted by Crippen LogP contribution is 2.51. The van der Waals surface area contributed by atoms with Crippen LogP contribution in [0.3, 0.4) is 0 Å². The van der Waals surface area contributed by atoms with Crippen molar-refractivity contribution < 1.29 is 22.3 Å². The van der Waals surface area contributed by atoms with Crippen LogP contribution in [0.25, 0.3) is 5.65 Å². The summed E-state index contributed by atoms with van der Waals surface area (Å²) >= 11 is 0. The van der Waals surface area contributed by atoms with Crippen molar-refractivity contribution in [1.29, 1.82) is 5.26 Å². The summed E-state index contributed by atoms with van der Waals surface area (Å²) in [5.74, 6) is 0.360. The first kappa shape index (κ1) is 20.0. The molecule has 30 heavy (non-hydrogen) atoms. The predicted octanol–water partition coefficient (Wildman–Crippen LogP) is 4.67. The van der Waals surface area contributed by atoms with Gasteiger partial charge in [0.15, 0.2) is 5.65 Å². The highest BCUT2D eigenvalue weighted by Gasteiger charge is 2.41. The van der Waals surface area contributed by atoms with Gasteiger partial charge < -0.3 is 14.5 Å². The van der Waals surface area contributed by atoms with Crippen molar-refractivity contribution >= 4 is 11.3 Å². The maximum Gasteiger partial charge on any atom is 0.394 e. The van der Waals surface area contributed by atoms with Gasteiger partial charge in [-0.2, -0.15) is 18.4 Å². The third-order valence-corrected chi connectivity index (χ3v) is 5.33. The molecule has 156 valence electrons. The van der Waals surface area contributed by atoms with Crippen LogP contribution in [0.2, 0.25) is 0 Å². The van der Waals surface area contributed by atoms with Crippen molar-refractivity contribution in [2.75, 3.05) is 19.0 Å². The van der Waals surface area contributed by atoms with Crippen molar-refractivity contribution in [3.63, 3.8) is 0 Å². The molecule has 0 aliphatic heterocycles. The van der Waals surface area contributed by atoms with E-state index in [0.29, 0.717) is 23.5 Å². The minimum absolute atomic E-state index is 0.00716. The van der Waals surface area contributed by atoms with E-state index in [4.69, 9.17) is 4.74 Å². The summed E-state index contributed by atoms with van der Waals surface area (Å²) < 4.78 is 59.0. The predicted molar refractivity (Wildman–Crippen MR) is 102 cm³/mol. The molecule has 1 aliphatic rings. The lowest BCUT2D eigenvalue weighted by Gasteiger charge is -2.12. The molecular formula is C21H18F4N4O. The number of aromatic nitrogens is 2. The Morgan fingerprint density at radius 2 is 2.13 bits per heavy atom. The Hall–Kier alpha value is -3.28. The Labute approximate surface area is 169 Å². The number of nitriles is 1. The minimum Gasteiger partial charge on any atom is -0.496 e. The summed E-state index contributed by atoms with van der Waals surface area (Å²) in [6, 6.07) is 8.31. The van der Waals surface area contributed by atoms with E-state index in [2.05, 4.69) is 10.3 Å². The topological polar surface area (TPSA) is 62.4 Å². The molecule has 0 spiro atoms. The summed E-state index contributed by atoms with van der Waals surface area (Å²) in [7, 11) is 1.50. The van der Waals surface area contributed by atoms with Crippen LogP contribution in [-0.2, 0) is 6.42 Å². The second-order valence-corrected chi connectivity index (χ2v) is 7.29. The number of anilines is 1. The Kier molecular flexibility index (Phi) is 5.02. The number of halogens is 4. The summed E-state index contributed by atoms with van der Waals surface area (Å²) in [5.41, 5.74) is 1.35. The molecule has 9 heteroatoms. The number of fused-ring (bicyclic) bond motifs is 1. The Morgan fingerprint density at radius 3 is 2.83 bits per heavy atom. The number of nitrogens with zero attached hydrogens (tertiary/aromatic N) is 3. The molecule has 1 fully saturated rings. The van der Waals surface area contributed by atoms with Gasteiger partial charge in [-0.15, -0.1) is 0 Å². The van der Waals surface area contributed by atoms with Gasteiger partial charge in [-0.05, 0) is 36.5 Å². The van der Waals surface area contributed by atoms with Crippen LogP contribution in [0, 0.1) is 23.1 Å². The third kappa shape index (κ3) is 3.77. The molecule has 4 rings (SSSR count). The van der Waals surface area contributed by atoms with E-state index in [-0.39, 0.29) is 34.6 Å². The molecule has 3 aromatic rings. The standard InChI is InChI=1S/C21H18F4N4O/c1-30-18-4-2-3-16(22)19(18)14-7-12(14)10-27-17-5-6-29-13(8-21(23,24)25)11-28-20(29)15(17)9-26/h2-6,11-12,14,27H,7-8,10H2,1H3. The molecule has 0 saturated heterocycles. The molecule has 0 radical (unpaired) electrons. The highest BCUT2D eigenvalue weighted by molar-refractivity contribution is 5.70. The summed E-state index contributed by atoms with van der Waals surface area (Å²) in [6.45, 7) is 0.489. The van der Waals surface area contributed by atoms with Crippen LogP contribution in [0.5, 0.6) is 5.75 Å². The maximum absolute atomic E-state index is 14.2. The van der Waals surface area contributed by atoms with Crippen molar-refractivity contribution in [2.45, 2.75) is 24.9 Å². The van der Waals surface area contributed by atoms with Gasteiger partial charge in [0.05, 0.1) is 24.9 Å². The minimum atomic E-state index is -4.37. The molecule has 1 saturated carbocycles. The summed E-state index contributed by atoms with van der Waals surface area (Å²) in [4.78, 5) is 4.01. The number of imidazole rings is 1. The van der Waals surface area contributed by atoms with Crippen LogP contribution in [0.15, 0.2) is 36.7 Å². The van der Waals surface area contributed by atoms with E-state index in [9.17, 15) is 22.8 Å². The Balaban J connectivity index is 1.51. The summed E-state index contributed by atoms with van der Waals surface area (Å²) in [5, 5.41) is 12.7. The second kappa shape index (κ2) is 7.52. The van der Waals surface area contributed by atoms with Crippen LogP contribution >= 0.6 is 0 Å². The van der Waals surface area contributed by atoms with Gasteiger partial charge in [-0.25, -0.2) is 9.37 Å². The zero-order valence-electron chi connectivity index (χ0n) is 16.0. The summed E-state index contributed by atoms with van der Waals surface area (Å²) in [6.07, 6.45) is -2.12. The fraction of sp³-hybridized carbons (Fsp3) is 0.333. The SMILES string of the molecule is COc1cccc(F)c1C1CC1CNc1ccn2c(CC(F)(F)F)cnc2c1C#N. The van der Waals surface area contributed by atoms with E-state index < -0.39 is 12.6 Å². The molecule has 0 amide bonds. The van der Waals surface area contributed by atoms with Gasteiger partial charge in [0.25, 0.3) is 0 Å². The van der Waals surface area contributed by atoms with Gasteiger partial charge in [-0.1, -0.05) is 6.07 Å². The number of hydrogen-bond acceptors (Lipinski definition) is 4. The maximum atomic E-state index is 14.2. The van der Waals surface area contributed by atoms with E-state index in [1.54, 1.807) is 18.2 Å². The number of alkyl halides is 3. The quantitative estimate of drug-likeness (QED) is 0.591. The van der Waals surface area contributed by atoms with Crippen molar-refractivity contribution in [3.8, 4) is 11.8 Å². The Bertz CT molecular complexity index is 1130. The molecule has 0 bridgehead atoms. The van der Waals surface area contributed by atoms with E-state index in [1.807, 2.05) is 6.07 Å². The normalized spacial score (nSPS) is 18.3. The van der Waals surface area contributed by atoms with Crippen molar-refractivity contribution in [3.05, 3.63) is 59.3 Å². The molecular weight excluding hydrogens is 400 g/mol. The number of hydrogen-bond donors (Lipinski definition) is 1. The lowest BCUT2D eigenvalue weighted by Crippen LogP contribution is -2.13. The molecule has 5 nitrogen and oxygen atoms in total. The van der Waals surface area contributed by atoms with Gasteiger partial charge >= 0.3 is 6.18 Å². The fourth-order valence-electron chi connectivity index (χ4n) is 3.82. The van der Waals surface area contributed by atoms with E-state index in [1.165, 1.54) is 23.8 Å². The van der Waals surface area contributed by atoms with Gasteiger partial charge in [0.1, 0.15) is 23.2 Å². The number of methoxy groups -OCH3 is 1. The second-order valence-electron chi connectivity index (χ2n) is 7.29. The van der Waals surface area contributed by atoms with E-state index >= 15 is 0 Å². The molecule has 2 aromatic heterocycles. The zero-order valence-corrected chi connectivity index (χ0v) is 16.0. The monoisotopic (exact) mass is 418 g/mol. The van der Waals surface area contributed by atoms with E-state index in [0.717, 1.165) is 12.6 Å². The number of rotatable bonds is 6. The fourth-order valence-corrected chi connectivity index (χ4v) is 3.82. The first-order valence-electron chi connectivity index (χ1n) is 9.34. The molecule has 2 atom stereocenters. The van der Waals surface area contributed by atoms with Gasteiger partial charge in [0, 0.05) is 24.5 Å². The molecule has 2 unspecified atom stereocenters. The number of pyridine rings is 1. The highest BCUT2D eigenvalue weighted by atomic mass is 19.4. The molecule has 1 N–H and O–H groups in total. The van der Waals surface area contributed by atoms with Crippen molar-refractivity contribution in [2.24, 2.45) is 5.92 Å². The van der Waals surface area contributed by atoms with Gasteiger partial charge in [0.2, 0.25) is 0 Å². The van der Waals surface area contributed by atoms with Crippen LogP contribution in [0.1, 0.15) is 29.2 Å². The van der Waals surface area contributed by atoms with Crippen LogP contribution < -0.4 is 10.1 Å². The number of nitrogens with one attached hydrogen (secondary N) is 1. The molecule has 2 heterocycles. The smallest absolute Gasteiger partial charge is 0.394 e. The zero-order chi connectivity index (χ0) is 21.5. The Morgan fingerprint density at radius 1 is 1.33 bits per heavy atom. The average molecular weight is 418 g/mol. The van der Waals surface area contributed by atoms with Crippen molar-refractivity contribution in [1.82, 2.24) is 9.38 Å². The number of benzene rings is 1. The largest absolute Gasteiger partial charge is 0.496 e. The third-order valence-electron chi connectivity index (χ3n) is 5.33. The molecule has 1 aromatic carbocycles. The average Bonchev–Trinajstić information content (AvgIpc) is 3.36. The van der Waals surface area contributed by atoms with Crippen LogP contribution in [-0.4, -0.2) is 29.2 Å². The van der Waals surface area contributed by atoms with Gasteiger partial charge in [-0.3, -0.25) is 0 Å². The first-order chi connectivity index (χ1) is 14.3. The first-order valence-corrected chi connectivity index (χ1v) is 9.34.